The maximum Gasteiger partial charge on any atom is 0.335 e. The zero-order chi connectivity index (χ0) is 17.5. The Kier molecular flexibility index (Phi) is 5.41. The van der Waals surface area contributed by atoms with Crippen LogP contribution in [-0.2, 0) is 6.42 Å². The molecule has 0 amide bonds. The molecular weight excluding hydrogens is 318 g/mol. The van der Waals surface area contributed by atoms with Gasteiger partial charge >= 0.3 is 5.97 Å². The van der Waals surface area contributed by atoms with Crippen LogP contribution in [-0.4, -0.2) is 32.9 Å². The summed E-state index contributed by atoms with van der Waals surface area (Å²) in [5.41, 5.74) is 3.16. The van der Waals surface area contributed by atoms with Crippen molar-refractivity contribution in [2.24, 2.45) is 0 Å². The Labute approximate surface area is 145 Å². The van der Waals surface area contributed by atoms with E-state index in [1.54, 1.807) is 24.5 Å². The molecular formula is C19H19N3O3. The van der Waals surface area contributed by atoms with E-state index in [4.69, 9.17) is 9.84 Å². The summed E-state index contributed by atoms with van der Waals surface area (Å²) < 4.78 is 5.70. The molecule has 0 saturated carbocycles. The number of aryl methyl sites for hydroxylation is 1. The highest BCUT2D eigenvalue weighted by molar-refractivity contribution is 5.87. The second-order valence-electron chi connectivity index (χ2n) is 5.66. The molecule has 25 heavy (non-hydrogen) atoms. The van der Waals surface area contributed by atoms with Crippen molar-refractivity contribution in [1.82, 2.24) is 15.2 Å². The number of unbranched alkanes of at least 4 members (excludes halogenated alkanes) is 1. The number of nitrogens with one attached hydrogen (secondary N) is 1. The van der Waals surface area contributed by atoms with E-state index in [1.165, 1.54) is 0 Å². The molecule has 6 heteroatoms. The highest BCUT2D eigenvalue weighted by Gasteiger charge is 2.03. The van der Waals surface area contributed by atoms with Crippen molar-refractivity contribution in [3.8, 4) is 17.1 Å². The molecule has 0 spiro atoms. The van der Waals surface area contributed by atoms with Crippen LogP contribution in [0.25, 0.3) is 11.4 Å². The van der Waals surface area contributed by atoms with E-state index in [-0.39, 0.29) is 0 Å². The lowest BCUT2D eigenvalue weighted by Crippen LogP contribution is -1.99. The van der Waals surface area contributed by atoms with Gasteiger partial charge in [0.25, 0.3) is 0 Å². The smallest absolute Gasteiger partial charge is 0.335 e. The SMILES string of the molecule is O=C(O)c1ccc(CCCCOc2ccc(-c3ccn[nH]3)nc2)cc1. The third-order valence-corrected chi connectivity index (χ3v) is 3.84. The van der Waals surface area contributed by atoms with E-state index in [0.717, 1.165) is 42.0 Å². The van der Waals surface area contributed by atoms with Gasteiger partial charge in [0, 0.05) is 6.20 Å². The highest BCUT2D eigenvalue weighted by Crippen LogP contribution is 2.17. The number of aromatic amines is 1. The number of carboxylic acid groups (broad SMARTS) is 1. The van der Waals surface area contributed by atoms with E-state index in [1.807, 2.05) is 30.3 Å². The molecule has 0 aliphatic heterocycles. The van der Waals surface area contributed by atoms with Gasteiger partial charge in [-0.1, -0.05) is 12.1 Å². The Morgan fingerprint density at radius 2 is 1.92 bits per heavy atom. The minimum Gasteiger partial charge on any atom is -0.492 e. The monoisotopic (exact) mass is 337 g/mol. The molecule has 2 N–H and O–H groups in total. The Bertz CT molecular complexity index is 797. The Hall–Kier alpha value is -3.15. The minimum atomic E-state index is -0.896. The molecule has 3 aromatic rings. The molecule has 128 valence electrons. The molecule has 0 atom stereocenters. The van der Waals surface area contributed by atoms with Crippen LogP contribution in [0.2, 0.25) is 0 Å². The van der Waals surface area contributed by atoms with E-state index in [2.05, 4.69) is 15.2 Å². The van der Waals surface area contributed by atoms with Crippen LogP contribution in [0.15, 0.2) is 54.9 Å². The number of benzene rings is 1. The Morgan fingerprint density at radius 3 is 2.56 bits per heavy atom. The molecule has 2 aromatic heterocycles. The van der Waals surface area contributed by atoms with Crippen molar-refractivity contribution in [2.45, 2.75) is 19.3 Å². The van der Waals surface area contributed by atoms with Crippen LogP contribution in [0.5, 0.6) is 5.75 Å². The van der Waals surface area contributed by atoms with Gasteiger partial charge in [-0.25, -0.2) is 4.79 Å². The van der Waals surface area contributed by atoms with Crippen LogP contribution in [0, 0.1) is 0 Å². The third-order valence-electron chi connectivity index (χ3n) is 3.84. The molecule has 2 heterocycles. The number of carbonyl (C=O) groups is 1. The maximum absolute atomic E-state index is 10.8. The summed E-state index contributed by atoms with van der Waals surface area (Å²) in [6.07, 6.45) is 6.20. The number of ether oxygens (including phenoxy) is 1. The fraction of sp³-hybridized carbons (Fsp3) is 0.211. The molecule has 1 aromatic carbocycles. The van der Waals surface area contributed by atoms with Crippen molar-refractivity contribution in [3.05, 3.63) is 66.0 Å². The van der Waals surface area contributed by atoms with E-state index in [0.29, 0.717) is 12.2 Å². The lowest BCUT2D eigenvalue weighted by Gasteiger charge is -2.06. The topological polar surface area (TPSA) is 88.1 Å². The van der Waals surface area contributed by atoms with Gasteiger partial charge < -0.3 is 9.84 Å². The third kappa shape index (κ3) is 4.67. The maximum atomic E-state index is 10.8. The molecule has 0 aliphatic carbocycles. The number of carboxylic acids is 1. The predicted octanol–water partition coefficient (Wildman–Crippen LogP) is 3.57. The van der Waals surface area contributed by atoms with Crippen LogP contribution >= 0.6 is 0 Å². The number of pyridine rings is 1. The molecule has 0 aliphatic rings. The van der Waals surface area contributed by atoms with Gasteiger partial charge in [-0.2, -0.15) is 5.10 Å². The lowest BCUT2D eigenvalue weighted by molar-refractivity contribution is 0.0697. The van der Waals surface area contributed by atoms with Crippen molar-refractivity contribution >= 4 is 5.97 Å². The molecule has 0 fully saturated rings. The zero-order valence-corrected chi connectivity index (χ0v) is 13.7. The average Bonchev–Trinajstić information content (AvgIpc) is 3.17. The summed E-state index contributed by atoms with van der Waals surface area (Å²) in [7, 11) is 0. The van der Waals surface area contributed by atoms with Gasteiger partial charge in [0.2, 0.25) is 0 Å². The second-order valence-corrected chi connectivity index (χ2v) is 5.66. The molecule has 0 saturated heterocycles. The summed E-state index contributed by atoms with van der Waals surface area (Å²) in [5, 5.41) is 15.7. The fourth-order valence-corrected chi connectivity index (χ4v) is 2.46. The van der Waals surface area contributed by atoms with Gasteiger partial charge in [-0.3, -0.25) is 10.1 Å². The van der Waals surface area contributed by atoms with Crippen LogP contribution in [0.4, 0.5) is 0 Å². The van der Waals surface area contributed by atoms with Crippen molar-refractivity contribution < 1.29 is 14.6 Å². The number of rotatable bonds is 8. The lowest BCUT2D eigenvalue weighted by atomic mass is 10.1. The minimum absolute atomic E-state index is 0.318. The number of hydrogen-bond donors (Lipinski definition) is 2. The second kappa shape index (κ2) is 8.10. The summed E-state index contributed by atoms with van der Waals surface area (Å²) in [5.74, 6) is -0.152. The van der Waals surface area contributed by atoms with Gasteiger partial charge in [-0.05, 0) is 55.2 Å². The number of H-pyrrole nitrogens is 1. The van der Waals surface area contributed by atoms with Crippen molar-refractivity contribution in [1.29, 1.82) is 0 Å². The number of nitrogens with zero attached hydrogens (tertiary/aromatic N) is 2. The largest absolute Gasteiger partial charge is 0.492 e. The number of aromatic nitrogens is 3. The molecule has 0 radical (unpaired) electrons. The number of hydrogen-bond acceptors (Lipinski definition) is 4. The normalized spacial score (nSPS) is 10.6. The van der Waals surface area contributed by atoms with E-state index in [9.17, 15) is 4.79 Å². The van der Waals surface area contributed by atoms with Crippen LogP contribution in [0.3, 0.4) is 0 Å². The first-order valence-corrected chi connectivity index (χ1v) is 8.13. The van der Waals surface area contributed by atoms with Gasteiger partial charge in [0.05, 0.1) is 29.8 Å². The Morgan fingerprint density at radius 1 is 1.08 bits per heavy atom. The first-order valence-electron chi connectivity index (χ1n) is 8.13. The van der Waals surface area contributed by atoms with Gasteiger partial charge in [-0.15, -0.1) is 0 Å². The standard InChI is InChI=1S/C19H19N3O3/c23-19(24)15-6-4-14(5-7-15)3-1-2-12-25-16-8-9-17(20-13-16)18-10-11-21-22-18/h4-11,13H,1-3,12H2,(H,21,22)(H,23,24). The summed E-state index contributed by atoms with van der Waals surface area (Å²) in [4.78, 5) is 15.2. The number of aromatic carboxylic acids is 1. The molecule has 0 bridgehead atoms. The van der Waals surface area contributed by atoms with Crippen LogP contribution in [0.1, 0.15) is 28.8 Å². The van der Waals surface area contributed by atoms with Crippen LogP contribution < -0.4 is 4.74 Å². The first kappa shape index (κ1) is 16.7. The summed E-state index contributed by atoms with van der Waals surface area (Å²) >= 11 is 0. The van der Waals surface area contributed by atoms with Crippen molar-refractivity contribution in [3.63, 3.8) is 0 Å². The van der Waals surface area contributed by atoms with Gasteiger partial charge in [0.1, 0.15) is 5.75 Å². The molecule has 3 rings (SSSR count). The summed E-state index contributed by atoms with van der Waals surface area (Å²) in [6, 6.07) is 12.7. The van der Waals surface area contributed by atoms with Gasteiger partial charge in [0.15, 0.2) is 0 Å². The van der Waals surface area contributed by atoms with Crippen molar-refractivity contribution in [2.75, 3.05) is 6.61 Å². The molecule has 0 unspecified atom stereocenters. The quantitative estimate of drug-likeness (QED) is 0.614. The predicted molar refractivity (Wildman–Crippen MR) is 93.7 cm³/mol. The first-order chi connectivity index (χ1) is 12.2. The van der Waals surface area contributed by atoms with E-state index >= 15 is 0 Å². The summed E-state index contributed by atoms with van der Waals surface area (Å²) in [6.45, 7) is 0.623. The Balaban J connectivity index is 1.39. The fourth-order valence-electron chi connectivity index (χ4n) is 2.46. The molecule has 6 nitrogen and oxygen atoms in total. The zero-order valence-electron chi connectivity index (χ0n) is 13.7. The highest BCUT2D eigenvalue weighted by atomic mass is 16.5. The van der Waals surface area contributed by atoms with E-state index < -0.39 is 5.97 Å². The average molecular weight is 337 g/mol.